The van der Waals surface area contributed by atoms with Gasteiger partial charge in [-0.05, 0) is 54.4 Å². The van der Waals surface area contributed by atoms with Crippen LogP contribution in [0.15, 0.2) is 114 Å². The summed E-state index contributed by atoms with van der Waals surface area (Å²) in [7, 11) is -2.67. The summed E-state index contributed by atoms with van der Waals surface area (Å²) in [6.07, 6.45) is 0.198. The zero-order valence-electron chi connectivity index (χ0n) is 22.9. The van der Waals surface area contributed by atoms with Gasteiger partial charge in [-0.15, -0.1) is 0 Å². The number of aryl methyl sites for hydroxylation is 1. The quantitative estimate of drug-likeness (QED) is 0.282. The summed E-state index contributed by atoms with van der Waals surface area (Å²) < 4.78 is 42.5. The minimum atomic E-state index is -4.15. The molecule has 1 N–H and O–H groups in total. The molecule has 0 aliphatic heterocycles. The van der Waals surface area contributed by atoms with Gasteiger partial charge in [0, 0.05) is 20.0 Å². The molecule has 4 aromatic rings. The van der Waals surface area contributed by atoms with E-state index in [0.29, 0.717) is 11.3 Å². The fourth-order valence-electron chi connectivity index (χ4n) is 4.47. The van der Waals surface area contributed by atoms with Crippen LogP contribution in [0.3, 0.4) is 0 Å². The topological polar surface area (TPSA) is 86.8 Å². The summed E-state index contributed by atoms with van der Waals surface area (Å²) >= 11 is 0. The minimum Gasteiger partial charge on any atom is -0.357 e. The predicted molar refractivity (Wildman–Crippen MR) is 157 cm³/mol. The fourth-order valence-corrected chi connectivity index (χ4v) is 5.88. The molecule has 4 aromatic carbocycles. The van der Waals surface area contributed by atoms with Crippen LogP contribution in [0.25, 0.3) is 0 Å². The van der Waals surface area contributed by atoms with E-state index in [4.69, 9.17) is 0 Å². The van der Waals surface area contributed by atoms with Gasteiger partial charge < -0.3 is 10.2 Å². The van der Waals surface area contributed by atoms with E-state index < -0.39 is 40.2 Å². The standard InChI is InChI=1S/C32H32FN3O4S/c1-24-13-19-29(20-14-24)41(39,40)36(28-11-7-4-8-12-28)23-31(37)35(22-26-15-17-27(33)18-16-26)30(32(38)34-2)21-25-9-5-3-6-10-25/h3-20,30H,21-23H2,1-2H3,(H,34,38). The summed E-state index contributed by atoms with van der Waals surface area (Å²) in [6, 6.07) is 28.7. The molecule has 1 unspecified atom stereocenters. The monoisotopic (exact) mass is 573 g/mol. The van der Waals surface area contributed by atoms with Crippen LogP contribution in [0.1, 0.15) is 16.7 Å². The second kappa shape index (κ2) is 13.2. The Labute approximate surface area is 240 Å². The van der Waals surface area contributed by atoms with Crippen molar-refractivity contribution >= 4 is 27.5 Å². The third kappa shape index (κ3) is 7.37. The van der Waals surface area contributed by atoms with Crippen molar-refractivity contribution in [3.63, 3.8) is 0 Å². The normalized spacial score (nSPS) is 11.9. The summed E-state index contributed by atoms with van der Waals surface area (Å²) in [6.45, 7) is 1.27. The minimum absolute atomic E-state index is 0.0305. The number of nitrogens with zero attached hydrogens (tertiary/aromatic N) is 2. The van der Waals surface area contributed by atoms with Crippen molar-refractivity contribution in [3.05, 3.63) is 132 Å². The Morgan fingerprint density at radius 2 is 1.39 bits per heavy atom. The second-order valence-corrected chi connectivity index (χ2v) is 11.5. The third-order valence-corrected chi connectivity index (χ3v) is 8.50. The number of likely N-dealkylation sites (N-methyl/N-ethyl adjacent to an activating group) is 1. The SMILES string of the molecule is CNC(=O)C(Cc1ccccc1)N(Cc1ccc(F)cc1)C(=O)CN(c1ccccc1)S(=O)(=O)c1ccc(C)cc1. The van der Waals surface area contributed by atoms with E-state index in [1.54, 1.807) is 42.5 Å². The predicted octanol–water partition coefficient (Wildman–Crippen LogP) is 4.72. The molecule has 0 spiro atoms. The summed E-state index contributed by atoms with van der Waals surface area (Å²) in [5, 5.41) is 2.64. The van der Waals surface area contributed by atoms with Gasteiger partial charge >= 0.3 is 0 Å². The van der Waals surface area contributed by atoms with Crippen LogP contribution in [0.5, 0.6) is 0 Å². The Morgan fingerprint density at radius 1 is 0.805 bits per heavy atom. The van der Waals surface area contributed by atoms with Crippen LogP contribution in [0.2, 0.25) is 0 Å². The van der Waals surface area contributed by atoms with Crippen molar-refractivity contribution < 1.29 is 22.4 Å². The van der Waals surface area contributed by atoms with E-state index in [1.165, 1.54) is 48.3 Å². The van der Waals surface area contributed by atoms with Crippen LogP contribution in [0, 0.1) is 12.7 Å². The van der Waals surface area contributed by atoms with Crippen molar-refractivity contribution in [2.24, 2.45) is 0 Å². The Morgan fingerprint density at radius 3 is 1.98 bits per heavy atom. The number of rotatable bonds is 11. The number of carbonyl (C=O) groups is 2. The molecule has 41 heavy (non-hydrogen) atoms. The highest BCUT2D eigenvalue weighted by atomic mass is 32.2. The Hall–Kier alpha value is -4.50. The number of anilines is 1. The van der Waals surface area contributed by atoms with Crippen LogP contribution in [-0.2, 0) is 32.6 Å². The highest BCUT2D eigenvalue weighted by molar-refractivity contribution is 7.92. The van der Waals surface area contributed by atoms with Crippen LogP contribution < -0.4 is 9.62 Å². The van der Waals surface area contributed by atoms with E-state index in [-0.39, 0.29) is 17.9 Å². The third-order valence-electron chi connectivity index (χ3n) is 6.72. The lowest BCUT2D eigenvalue weighted by Crippen LogP contribution is -2.53. The van der Waals surface area contributed by atoms with Crippen LogP contribution in [0.4, 0.5) is 10.1 Å². The molecule has 0 saturated heterocycles. The number of halogens is 1. The molecule has 212 valence electrons. The average Bonchev–Trinajstić information content (AvgIpc) is 2.99. The molecule has 7 nitrogen and oxygen atoms in total. The maximum Gasteiger partial charge on any atom is 0.264 e. The number of sulfonamides is 1. The van der Waals surface area contributed by atoms with Gasteiger partial charge in [-0.3, -0.25) is 13.9 Å². The molecular weight excluding hydrogens is 541 g/mol. The first-order chi connectivity index (χ1) is 19.7. The molecule has 0 radical (unpaired) electrons. The number of hydrogen-bond donors (Lipinski definition) is 1. The lowest BCUT2D eigenvalue weighted by Gasteiger charge is -2.33. The van der Waals surface area contributed by atoms with E-state index in [9.17, 15) is 22.4 Å². The first-order valence-electron chi connectivity index (χ1n) is 13.1. The van der Waals surface area contributed by atoms with E-state index in [0.717, 1.165) is 15.4 Å². The molecule has 0 heterocycles. The number of amides is 2. The van der Waals surface area contributed by atoms with Gasteiger partial charge in [-0.2, -0.15) is 0 Å². The zero-order valence-corrected chi connectivity index (χ0v) is 23.7. The van der Waals surface area contributed by atoms with Gasteiger partial charge in [0.05, 0.1) is 10.6 Å². The van der Waals surface area contributed by atoms with Gasteiger partial charge in [0.2, 0.25) is 11.8 Å². The van der Waals surface area contributed by atoms with Gasteiger partial charge in [0.1, 0.15) is 18.4 Å². The van der Waals surface area contributed by atoms with Crippen molar-refractivity contribution in [3.8, 4) is 0 Å². The first-order valence-corrected chi connectivity index (χ1v) is 14.6. The lowest BCUT2D eigenvalue weighted by molar-refractivity contribution is -0.139. The van der Waals surface area contributed by atoms with Crippen molar-refractivity contribution in [2.75, 3.05) is 17.9 Å². The Bertz CT molecular complexity index is 1560. The van der Waals surface area contributed by atoms with Crippen LogP contribution >= 0.6 is 0 Å². The molecular formula is C32H32FN3O4S. The highest BCUT2D eigenvalue weighted by Crippen LogP contribution is 2.25. The van der Waals surface area contributed by atoms with Gasteiger partial charge in [-0.1, -0.05) is 78.4 Å². The summed E-state index contributed by atoms with van der Waals surface area (Å²) in [5.74, 6) is -1.42. The molecule has 0 fully saturated rings. The molecule has 0 bridgehead atoms. The van der Waals surface area contributed by atoms with Crippen molar-refractivity contribution in [1.82, 2.24) is 10.2 Å². The van der Waals surface area contributed by atoms with Crippen LogP contribution in [-0.4, -0.2) is 44.8 Å². The second-order valence-electron chi connectivity index (χ2n) is 9.63. The summed E-state index contributed by atoms with van der Waals surface area (Å²) in [5.41, 5.74) is 2.62. The van der Waals surface area contributed by atoms with Gasteiger partial charge in [-0.25, -0.2) is 12.8 Å². The molecule has 0 aliphatic rings. The number of carbonyl (C=O) groups excluding carboxylic acids is 2. The van der Waals surface area contributed by atoms with E-state index >= 15 is 0 Å². The number of benzene rings is 4. The first kappa shape index (κ1) is 29.5. The van der Waals surface area contributed by atoms with Gasteiger partial charge in [0.15, 0.2) is 0 Å². The molecule has 4 rings (SSSR count). The van der Waals surface area contributed by atoms with Gasteiger partial charge in [0.25, 0.3) is 10.0 Å². The maximum atomic E-state index is 14.1. The van der Waals surface area contributed by atoms with E-state index in [1.807, 2.05) is 37.3 Å². The van der Waals surface area contributed by atoms with E-state index in [2.05, 4.69) is 5.32 Å². The lowest BCUT2D eigenvalue weighted by atomic mass is 10.0. The smallest absolute Gasteiger partial charge is 0.264 e. The summed E-state index contributed by atoms with van der Waals surface area (Å²) in [4.78, 5) is 28.8. The Balaban J connectivity index is 1.76. The number of para-hydroxylation sites is 1. The highest BCUT2D eigenvalue weighted by Gasteiger charge is 2.34. The molecule has 0 aliphatic carbocycles. The largest absolute Gasteiger partial charge is 0.357 e. The Kier molecular flexibility index (Phi) is 9.52. The fraction of sp³-hybridized carbons (Fsp3) is 0.188. The molecule has 2 amide bonds. The molecule has 0 saturated carbocycles. The average molecular weight is 574 g/mol. The van der Waals surface area contributed by atoms with Crippen molar-refractivity contribution in [2.45, 2.75) is 30.8 Å². The molecule has 1 atom stereocenters. The molecule has 0 aromatic heterocycles. The maximum absolute atomic E-state index is 14.1. The number of nitrogens with one attached hydrogen (secondary N) is 1. The van der Waals surface area contributed by atoms with Crippen molar-refractivity contribution in [1.29, 1.82) is 0 Å². The number of hydrogen-bond acceptors (Lipinski definition) is 4. The zero-order chi connectivity index (χ0) is 29.4. The molecule has 9 heteroatoms.